The SMILES string of the molecule is CC1[C@H](C)O[C@H](CO)[C@@H]1N. The summed E-state index contributed by atoms with van der Waals surface area (Å²) in [5.74, 6) is 0.358. The molecule has 0 bridgehead atoms. The first-order valence-corrected chi connectivity index (χ1v) is 3.68. The van der Waals surface area contributed by atoms with Gasteiger partial charge in [-0.25, -0.2) is 0 Å². The number of nitrogens with two attached hydrogens (primary N) is 1. The summed E-state index contributed by atoms with van der Waals surface area (Å²) in [5, 5.41) is 8.77. The van der Waals surface area contributed by atoms with Crippen LogP contribution in [0.2, 0.25) is 0 Å². The fraction of sp³-hybridized carbons (Fsp3) is 1.00. The van der Waals surface area contributed by atoms with Gasteiger partial charge in [-0.3, -0.25) is 0 Å². The van der Waals surface area contributed by atoms with Gasteiger partial charge in [0.1, 0.15) is 0 Å². The molecular weight excluding hydrogens is 130 g/mol. The molecule has 3 N–H and O–H groups in total. The Morgan fingerprint density at radius 2 is 2.10 bits per heavy atom. The zero-order chi connectivity index (χ0) is 7.72. The quantitative estimate of drug-likeness (QED) is 0.534. The van der Waals surface area contributed by atoms with Gasteiger partial charge in [0.2, 0.25) is 0 Å². The second-order valence-corrected chi connectivity index (χ2v) is 3.00. The van der Waals surface area contributed by atoms with E-state index in [9.17, 15) is 0 Å². The molecule has 0 spiro atoms. The van der Waals surface area contributed by atoms with Crippen LogP contribution in [0.5, 0.6) is 0 Å². The Morgan fingerprint density at radius 3 is 2.30 bits per heavy atom. The van der Waals surface area contributed by atoms with E-state index >= 15 is 0 Å². The number of hydrogen-bond acceptors (Lipinski definition) is 3. The molecule has 1 aliphatic rings. The number of ether oxygens (including phenoxy) is 1. The molecule has 0 aromatic rings. The fourth-order valence-corrected chi connectivity index (χ4v) is 1.31. The van der Waals surface area contributed by atoms with Crippen molar-refractivity contribution in [1.29, 1.82) is 0 Å². The first kappa shape index (κ1) is 7.98. The van der Waals surface area contributed by atoms with Crippen molar-refractivity contribution in [3.63, 3.8) is 0 Å². The zero-order valence-corrected chi connectivity index (χ0v) is 6.45. The van der Waals surface area contributed by atoms with Crippen molar-refractivity contribution in [3.05, 3.63) is 0 Å². The molecule has 1 aliphatic heterocycles. The Kier molecular flexibility index (Phi) is 2.28. The summed E-state index contributed by atoms with van der Waals surface area (Å²) < 4.78 is 5.36. The Balaban J connectivity index is 2.53. The lowest BCUT2D eigenvalue weighted by Crippen LogP contribution is -2.36. The smallest absolute Gasteiger partial charge is 0.0963 e. The molecular formula is C7H15NO2. The number of rotatable bonds is 1. The van der Waals surface area contributed by atoms with E-state index in [0.29, 0.717) is 5.92 Å². The third kappa shape index (κ3) is 1.17. The van der Waals surface area contributed by atoms with E-state index in [0.717, 1.165) is 0 Å². The number of aliphatic hydroxyl groups excluding tert-OH is 1. The maximum atomic E-state index is 8.77. The van der Waals surface area contributed by atoms with E-state index in [1.165, 1.54) is 0 Å². The summed E-state index contributed by atoms with van der Waals surface area (Å²) in [7, 11) is 0. The second kappa shape index (κ2) is 2.86. The molecule has 1 fully saturated rings. The Morgan fingerprint density at radius 1 is 1.50 bits per heavy atom. The third-order valence-corrected chi connectivity index (χ3v) is 2.35. The van der Waals surface area contributed by atoms with Gasteiger partial charge in [0.15, 0.2) is 0 Å². The van der Waals surface area contributed by atoms with Crippen LogP contribution in [-0.4, -0.2) is 30.0 Å². The number of hydrogen-bond donors (Lipinski definition) is 2. The predicted octanol–water partition coefficient (Wildman–Crippen LogP) is -0.271. The lowest BCUT2D eigenvalue weighted by Gasteiger charge is -2.12. The summed E-state index contributed by atoms with van der Waals surface area (Å²) in [6.45, 7) is 4.07. The first-order valence-electron chi connectivity index (χ1n) is 3.68. The van der Waals surface area contributed by atoms with Crippen LogP contribution in [0.4, 0.5) is 0 Å². The molecule has 1 unspecified atom stereocenters. The van der Waals surface area contributed by atoms with Gasteiger partial charge in [-0.1, -0.05) is 6.92 Å². The minimum atomic E-state index is -0.148. The van der Waals surface area contributed by atoms with E-state index < -0.39 is 0 Å². The molecule has 0 amide bonds. The van der Waals surface area contributed by atoms with Gasteiger partial charge in [-0.15, -0.1) is 0 Å². The van der Waals surface area contributed by atoms with Crippen molar-refractivity contribution in [2.45, 2.75) is 32.1 Å². The van der Waals surface area contributed by atoms with E-state index in [2.05, 4.69) is 0 Å². The van der Waals surface area contributed by atoms with Gasteiger partial charge >= 0.3 is 0 Å². The molecule has 1 rings (SSSR count). The van der Waals surface area contributed by atoms with E-state index in [-0.39, 0.29) is 24.9 Å². The molecule has 0 aromatic carbocycles. The Labute approximate surface area is 61.2 Å². The van der Waals surface area contributed by atoms with E-state index in [1.807, 2.05) is 13.8 Å². The average Bonchev–Trinajstić information content (AvgIpc) is 2.17. The molecule has 1 heterocycles. The van der Waals surface area contributed by atoms with Gasteiger partial charge in [-0.05, 0) is 12.8 Å². The van der Waals surface area contributed by atoms with Crippen molar-refractivity contribution in [2.75, 3.05) is 6.61 Å². The number of aliphatic hydroxyl groups is 1. The second-order valence-electron chi connectivity index (χ2n) is 3.00. The van der Waals surface area contributed by atoms with Crippen LogP contribution in [-0.2, 0) is 4.74 Å². The van der Waals surface area contributed by atoms with Crippen molar-refractivity contribution in [3.8, 4) is 0 Å². The summed E-state index contributed by atoms with van der Waals surface area (Å²) in [6.07, 6.45) is 0.0390. The topological polar surface area (TPSA) is 55.5 Å². The lowest BCUT2D eigenvalue weighted by molar-refractivity contribution is 0.0119. The zero-order valence-electron chi connectivity index (χ0n) is 6.45. The average molecular weight is 145 g/mol. The standard InChI is InChI=1S/C7H15NO2/c1-4-5(2)10-6(3-9)7(4)8/h4-7,9H,3,8H2,1-2H3/t4?,5-,6+,7+/m0/s1. The molecule has 0 radical (unpaired) electrons. The maximum absolute atomic E-state index is 8.77. The summed E-state index contributed by atoms with van der Waals surface area (Å²) in [5.41, 5.74) is 5.74. The summed E-state index contributed by atoms with van der Waals surface area (Å²) in [6, 6.07) is -0.000000000000000222. The molecule has 3 heteroatoms. The van der Waals surface area contributed by atoms with Crippen LogP contribution in [0.1, 0.15) is 13.8 Å². The van der Waals surface area contributed by atoms with Gasteiger partial charge in [0.25, 0.3) is 0 Å². The molecule has 3 nitrogen and oxygen atoms in total. The molecule has 0 aromatic heterocycles. The van der Waals surface area contributed by atoms with Gasteiger partial charge < -0.3 is 15.6 Å². The summed E-state index contributed by atoms with van der Waals surface area (Å²) in [4.78, 5) is 0. The van der Waals surface area contributed by atoms with Gasteiger partial charge in [-0.2, -0.15) is 0 Å². The molecule has 10 heavy (non-hydrogen) atoms. The monoisotopic (exact) mass is 145 g/mol. The Hall–Kier alpha value is -0.120. The maximum Gasteiger partial charge on any atom is 0.0963 e. The molecule has 0 saturated carbocycles. The summed E-state index contributed by atoms with van der Waals surface area (Å²) >= 11 is 0. The van der Waals surface area contributed by atoms with Crippen LogP contribution >= 0.6 is 0 Å². The largest absolute Gasteiger partial charge is 0.394 e. The normalized spacial score (nSPS) is 48.0. The first-order chi connectivity index (χ1) is 4.66. The van der Waals surface area contributed by atoms with Gasteiger partial charge in [0, 0.05) is 6.04 Å². The van der Waals surface area contributed by atoms with Crippen molar-refractivity contribution >= 4 is 0 Å². The highest BCUT2D eigenvalue weighted by molar-refractivity contribution is 4.88. The minimum Gasteiger partial charge on any atom is -0.394 e. The Bertz CT molecular complexity index is 118. The predicted molar refractivity (Wildman–Crippen MR) is 38.6 cm³/mol. The van der Waals surface area contributed by atoms with Crippen LogP contribution in [0, 0.1) is 5.92 Å². The highest BCUT2D eigenvalue weighted by Crippen LogP contribution is 2.24. The fourth-order valence-electron chi connectivity index (χ4n) is 1.31. The lowest BCUT2D eigenvalue weighted by atomic mass is 9.98. The molecule has 4 atom stereocenters. The highest BCUT2D eigenvalue weighted by Gasteiger charge is 2.36. The van der Waals surface area contributed by atoms with E-state index in [1.54, 1.807) is 0 Å². The van der Waals surface area contributed by atoms with Crippen LogP contribution < -0.4 is 5.73 Å². The van der Waals surface area contributed by atoms with Crippen molar-refractivity contribution in [2.24, 2.45) is 11.7 Å². The minimum absolute atomic E-state index is 0.000000000000000222. The van der Waals surface area contributed by atoms with Gasteiger partial charge in [0.05, 0.1) is 18.8 Å². The molecule has 1 saturated heterocycles. The highest BCUT2D eigenvalue weighted by atomic mass is 16.5. The van der Waals surface area contributed by atoms with Crippen molar-refractivity contribution < 1.29 is 9.84 Å². The third-order valence-electron chi connectivity index (χ3n) is 2.35. The van der Waals surface area contributed by atoms with Crippen LogP contribution in [0.25, 0.3) is 0 Å². The van der Waals surface area contributed by atoms with E-state index in [4.69, 9.17) is 15.6 Å². The van der Waals surface area contributed by atoms with Crippen molar-refractivity contribution in [1.82, 2.24) is 0 Å². The molecule has 0 aliphatic carbocycles. The molecule has 60 valence electrons. The van der Waals surface area contributed by atoms with Crippen LogP contribution in [0.15, 0.2) is 0 Å². The van der Waals surface area contributed by atoms with Crippen LogP contribution in [0.3, 0.4) is 0 Å².